The summed E-state index contributed by atoms with van der Waals surface area (Å²) in [4.78, 5) is 22.9. The van der Waals surface area contributed by atoms with Crippen molar-refractivity contribution in [3.05, 3.63) is 26.8 Å². The summed E-state index contributed by atoms with van der Waals surface area (Å²) in [5.41, 5.74) is 1.25. The second-order valence-electron chi connectivity index (χ2n) is 3.92. The van der Waals surface area contributed by atoms with Gasteiger partial charge in [-0.2, -0.15) is 0 Å². The first-order valence-electron chi connectivity index (χ1n) is 5.20. The van der Waals surface area contributed by atoms with Crippen molar-refractivity contribution in [2.75, 3.05) is 0 Å². The van der Waals surface area contributed by atoms with Crippen molar-refractivity contribution < 1.29 is 19.1 Å². The number of esters is 2. The molecule has 17 heavy (non-hydrogen) atoms. The Hall–Kier alpha value is -1.11. The van der Waals surface area contributed by atoms with Crippen molar-refractivity contribution in [1.29, 1.82) is 0 Å². The molecule has 0 N–H and O–H groups in total. The minimum Gasteiger partial charge on any atom is -0.459 e. The molecule has 0 aliphatic carbocycles. The number of benzene rings is 1. The molecule has 90 valence electrons. The SMILES string of the molecule is CC(=O)Oc1c(I)ccc2c1C(=O)OC(C)C2. The predicted molar refractivity (Wildman–Crippen MR) is 69.0 cm³/mol. The molecule has 5 heteroatoms. The summed E-state index contributed by atoms with van der Waals surface area (Å²) in [7, 11) is 0. The summed E-state index contributed by atoms with van der Waals surface area (Å²) < 4.78 is 11.0. The summed E-state index contributed by atoms with van der Waals surface area (Å²) in [6.45, 7) is 3.15. The van der Waals surface area contributed by atoms with Gasteiger partial charge in [-0.25, -0.2) is 4.79 Å². The van der Waals surface area contributed by atoms with Crippen molar-refractivity contribution >= 4 is 34.5 Å². The molecule has 1 heterocycles. The highest BCUT2D eigenvalue weighted by Crippen LogP contribution is 2.33. The number of rotatable bonds is 1. The molecule has 0 saturated heterocycles. The van der Waals surface area contributed by atoms with Crippen LogP contribution < -0.4 is 4.74 Å². The van der Waals surface area contributed by atoms with Gasteiger partial charge in [0.05, 0.1) is 3.57 Å². The lowest BCUT2D eigenvalue weighted by Crippen LogP contribution is -2.26. The van der Waals surface area contributed by atoms with E-state index in [0.717, 1.165) is 9.13 Å². The molecule has 1 aromatic rings. The number of halogens is 1. The fourth-order valence-electron chi connectivity index (χ4n) is 1.83. The molecule has 0 aromatic heterocycles. The third-order valence-electron chi connectivity index (χ3n) is 2.46. The summed E-state index contributed by atoms with van der Waals surface area (Å²) in [5.74, 6) is -0.552. The van der Waals surface area contributed by atoms with E-state index in [2.05, 4.69) is 0 Å². The van der Waals surface area contributed by atoms with E-state index in [1.807, 2.05) is 41.6 Å². The number of fused-ring (bicyclic) bond motifs is 1. The van der Waals surface area contributed by atoms with Gasteiger partial charge in [0.2, 0.25) is 0 Å². The molecule has 1 aliphatic rings. The molecule has 0 amide bonds. The van der Waals surface area contributed by atoms with Crippen LogP contribution in [0.4, 0.5) is 0 Å². The molecular weight excluding hydrogens is 335 g/mol. The van der Waals surface area contributed by atoms with Crippen LogP contribution in [-0.2, 0) is 16.0 Å². The average molecular weight is 346 g/mol. The predicted octanol–water partition coefficient (Wildman–Crippen LogP) is 2.32. The first-order chi connectivity index (χ1) is 7.99. The molecule has 0 fully saturated rings. The van der Waals surface area contributed by atoms with Crippen molar-refractivity contribution in [2.45, 2.75) is 26.4 Å². The van der Waals surface area contributed by atoms with E-state index in [1.54, 1.807) is 0 Å². The molecule has 0 spiro atoms. The fraction of sp³-hybridized carbons (Fsp3) is 0.333. The third kappa shape index (κ3) is 2.43. The van der Waals surface area contributed by atoms with Crippen LogP contribution in [0.2, 0.25) is 0 Å². The van der Waals surface area contributed by atoms with Crippen LogP contribution in [0.5, 0.6) is 5.75 Å². The minimum absolute atomic E-state index is 0.139. The van der Waals surface area contributed by atoms with E-state index >= 15 is 0 Å². The van der Waals surface area contributed by atoms with Gasteiger partial charge < -0.3 is 9.47 Å². The lowest BCUT2D eigenvalue weighted by atomic mass is 9.98. The number of cyclic esters (lactones) is 1. The van der Waals surface area contributed by atoms with Gasteiger partial charge in [0.1, 0.15) is 11.7 Å². The average Bonchev–Trinajstić information content (AvgIpc) is 2.21. The lowest BCUT2D eigenvalue weighted by Gasteiger charge is -2.23. The maximum absolute atomic E-state index is 11.8. The number of carbonyl (C=O) groups is 2. The summed E-state index contributed by atoms with van der Waals surface area (Å²) in [5, 5.41) is 0. The van der Waals surface area contributed by atoms with Gasteiger partial charge in [-0.1, -0.05) is 6.07 Å². The largest absolute Gasteiger partial charge is 0.459 e. The fourth-order valence-corrected chi connectivity index (χ4v) is 2.39. The van der Waals surface area contributed by atoms with Gasteiger partial charge in [-0.15, -0.1) is 0 Å². The molecule has 1 aromatic carbocycles. The zero-order chi connectivity index (χ0) is 12.6. The standard InChI is InChI=1S/C12H11IO4/c1-6-5-8-3-4-9(13)11(17-7(2)14)10(8)12(15)16-6/h3-4,6H,5H2,1-2H3. The maximum Gasteiger partial charge on any atom is 0.342 e. The highest BCUT2D eigenvalue weighted by atomic mass is 127. The quantitative estimate of drug-likeness (QED) is 0.445. The smallest absolute Gasteiger partial charge is 0.342 e. The highest BCUT2D eigenvalue weighted by Gasteiger charge is 2.29. The molecular formula is C12H11IO4. The van der Waals surface area contributed by atoms with E-state index in [1.165, 1.54) is 6.92 Å². The van der Waals surface area contributed by atoms with Crippen molar-refractivity contribution in [3.8, 4) is 5.75 Å². The maximum atomic E-state index is 11.8. The zero-order valence-electron chi connectivity index (χ0n) is 9.45. The molecule has 1 atom stereocenters. The Balaban J connectivity index is 2.55. The van der Waals surface area contributed by atoms with Crippen molar-refractivity contribution in [3.63, 3.8) is 0 Å². The number of hydrogen-bond acceptors (Lipinski definition) is 4. The van der Waals surface area contributed by atoms with Crippen molar-refractivity contribution in [2.24, 2.45) is 0 Å². The van der Waals surface area contributed by atoms with Crippen LogP contribution in [0, 0.1) is 3.57 Å². The van der Waals surface area contributed by atoms with E-state index in [4.69, 9.17) is 9.47 Å². The Bertz CT molecular complexity index is 496. The first-order valence-corrected chi connectivity index (χ1v) is 6.27. The Labute approximate surface area is 112 Å². The van der Waals surface area contributed by atoms with Crippen LogP contribution in [0.15, 0.2) is 12.1 Å². The van der Waals surface area contributed by atoms with Crippen molar-refractivity contribution in [1.82, 2.24) is 0 Å². The van der Waals surface area contributed by atoms with E-state index < -0.39 is 11.9 Å². The number of carbonyl (C=O) groups excluding carboxylic acids is 2. The van der Waals surface area contributed by atoms with Crippen LogP contribution in [-0.4, -0.2) is 18.0 Å². The molecule has 0 saturated carbocycles. The van der Waals surface area contributed by atoms with Gasteiger partial charge in [0.15, 0.2) is 5.75 Å². The van der Waals surface area contributed by atoms with Gasteiger partial charge in [0.25, 0.3) is 0 Å². The molecule has 2 rings (SSSR count). The molecule has 4 nitrogen and oxygen atoms in total. The summed E-state index contributed by atoms with van der Waals surface area (Å²) in [6.07, 6.45) is 0.506. The van der Waals surface area contributed by atoms with E-state index in [-0.39, 0.29) is 6.10 Å². The van der Waals surface area contributed by atoms with Gasteiger partial charge in [-0.3, -0.25) is 4.79 Å². The van der Waals surface area contributed by atoms with Crippen LogP contribution >= 0.6 is 22.6 Å². The van der Waals surface area contributed by atoms with Gasteiger partial charge in [0, 0.05) is 13.3 Å². The summed E-state index contributed by atoms with van der Waals surface area (Å²) in [6, 6.07) is 3.71. The zero-order valence-corrected chi connectivity index (χ0v) is 11.6. The number of hydrogen-bond donors (Lipinski definition) is 0. The lowest BCUT2D eigenvalue weighted by molar-refractivity contribution is -0.131. The van der Waals surface area contributed by atoms with E-state index in [9.17, 15) is 9.59 Å². The Morgan fingerprint density at radius 1 is 1.53 bits per heavy atom. The normalized spacial score (nSPS) is 18.3. The minimum atomic E-state index is -0.442. The Morgan fingerprint density at radius 3 is 2.88 bits per heavy atom. The Morgan fingerprint density at radius 2 is 2.24 bits per heavy atom. The topological polar surface area (TPSA) is 52.6 Å². The van der Waals surface area contributed by atoms with E-state index in [0.29, 0.717) is 17.7 Å². The molecule has 1 aliphatic heterocycles. The first kappa shape index (κ1) is 12.3. The monoisotopic (exact) mass is 346 g/mol. The number of ether oxygens (including phenoxy) is 2. The molecule has 0 radical (unpaired) electrons. The van der Waals surface area contributed by atoms with Crippen LogP contribution in [0.3, 0.4) is 0 Å². The highest BCUT2D eigenvalue weighted by molar-refractivity contribution is 14.1. The summed E-state index contributed by atoms with van der Waals surface area (Å²) >= 11 is 2.03. The van der Waals surface area contributed by atoms with Crippen LogP contribution in [0.25, 0.3) is 0 Å². The van der Waals surface area contributed by atoms with Gasteiger partial charge >= 0.3 is 11.9 Å². The molecule has 0 bridgehead atoms. The third-order valence-corrected chi connectivity index (χ3v) is 3.31. The van der Waals surface area contributed by atoms with Crippen LogP contribution in [0.1, 0.15) is 29.8 Å². The second-order valence-corrected chi connectivity index (χ2v) is 5.09. The molecule has 1 unspecified atom stereocenters. The Kier molecular flexibility index (Phi) is 3.37. The second kappa shape index (κ2) is 4.64. The van der Waals surface area contributed by atoms with Gasteiger partial charge in [-0.05, 0) is 41.1 Å².